The summed E-state index contributed by atoms with van der Waals surface area (Å²) in [7, 11) is 0. The summed E-state index contributed by atoms with van der Waals surface area (Å²) in [5, 5.41) is 2.78. The fourth-order valence-electron chi connectivity index (χ4n) is 4.69. The summed E-state index contributed by atoms with van der Waals surface area (Å²) in [6.45, 7) is 3.97. The number of rotatable bonds is 5. The molecule has 0 saturated carbocycles. The maximum atomic E-state index is 13.5. The van der Waals surface area contributed by atoms with Gasteiger partial charge in [0.1, 0.15) is 6.04 Å². The van der Waals surface area contributed by atoms with Gasteiger partial charge in [-0.25, -0.2) is 0 Å². The number of halogens is 1. The first-order chi connectivity index (χ1) is 15.2. The molecule has 9 heteroatoms. The van der Waals surface area contributed by atoms with Gasteiger partial charge in [-0.3, -0.25) is 29.5 Å². The van der Waals surface area contributed by atoms with E-state index < -0.39 is 23.9 Å². The van der Waals surface area contributed by atoms with E-state index in [1.54, 1.807) is 30.5 Å². The Labute approximate surface area is 190 Å². The number of aromatic nitrogens is 1. The maximum Gasteiger partial charge on any atom is 0.255 e. The lowest BCUT2D eigenvalue weighted by Crippen LogP contribution is -2.54. The van der Waals surface area contributed by atoms with Crippen LogP contribution in [0.3, 0.4) is 0 Å². The first kappa shape index (κ1) is 22.0. The number of piperidine rings is 1. The monoisotopic (exact) mass is 454 g/mol. The number of carbonyl (C=O) groups is 4. The standard InChI is InChI=1S/C23H23ClN4O4/c1-11(2)18(19-15(24)4-3-9-26-19)20-14-10-12(21(25)30)5-6-13(14)23(32)28(20)16-7-8-17(29)27-22(16)31/h3-6,9-11,16,18,20H,7-8H2,1-2H3,(H2,25,30)(H,27,29,31)/t16?,18-,20?/m1/s1. The number of benzene rings is 1. The summed E-state index contributed by atoms with van der Waals surface area (Å²) < 4.78 is 0. The summed E-state index contributed by atoms with van der Waals surface area (Å²) in [6.07, 6.45) is 1.97. The molecule has 3 atom stereocenters. The van der Waals surface area contributed by atoms with Crippen LogP contribution in [0.1, 0.15) is 70.6 Å². The Kier molecular flexibility index (Phi) is 5.73. The minimum absolute atomic E-state index is 0.0285. The van der Waals surface area contributed by atoms with Gasteiger partial charge in [-0.05, 0) is 48.2 Å². The van der Waals surface area contributed by atoms with Crippen molar-refractivity contribution in [2.24, 2.45) is 11.7 Å². The molecule has 2 aliphatic rings. The molecule has 0 bridgehead atoms. The first-order valence-corrected chi connectivity index (χ1v) is 10.8. The molecule has 166 valence electrons. The number of primary amides is 1. The number of hydrogen-bond acceptors (Lipinski definition) is 5. The number of nitrogens with zero attached hydrogens (tertiary/aromatic N) is 2. The van der Waals surface area contributed by atoms with E-state index in [0.29, 0.717) is 21.8 Å². The van der Waals surface area contributed by atoms with Crippen LogP contribution in [0, 0.1) is 5.92 Å². The van der Waals surface area contributed by atoms with E-state index in [2.05, 4.69) is 10.3 Å². The molecular weight excluding hydrogens is 432 g/mol. The van der Waals surface area contributed by atoms with E-state index in [1.165, 1.54) is 11.0 Å². The van der Waals surface area contributed by atoms with Crippen molar-refractivity contribution in [2.75, 3.05) is 0 Å². The predicted octanol–water partition coefficient (Wildman–Crippen LogP) is 2.58. The Bertz CT molecular complexity index is 1130. The van der Waals surface area contributed by atoms with Crippen LogP contribution < -0.4 is 11.1 Å². The molecule has 4 rings (SSSR count). The van der Waals surface area contributed by atoms with Gasteiger partial charge in [0.25, 0.3) is 5.91 Å². The highest BCUT2D eigenvalue weighted by atomic mass is 35.5. The highest BCUT2D eigenvalue weighted by Gasteiger charge is 2.49. The fourth-order valence-corrected chi connectivity index (χ4v) is 4.94. The van der Waals surface area contributed by atoms with Gasteiger partial charge in [0, 0.05) is 29.7 Å². The molecular formula is C23H23ClN4O4. The van der Waals surface area contributed by atoms with Crippen molar-refractivity contribution in [1.82, 2.24) is 15.2 Å². The second-order valence-electron chi connectivity index (χ2n) is 8.43. The molecule has 32 heavy (non-hydrogen) atoms. The summed E-state index contributed by atoms with van der Waals surface area (Å²) in [4.78, 5) is 55.9. The molecule has 3 heterocycles. The number of carbonyl (C=O) groups excluding carboxylic acids is 4. The van der Waals surface area contributed by atoms with Crippen LogP contribution in [-0.2, 0) is 9.59 Å². The van der Waals surface area contributed by atoms with Gasteiger partial charge in [-0.1, -0.05) is 25.4 Å². The molecule has 0 radical (unpaired) electrons. The molecule has 0 aliphatic carbocycles. The average molecular weight is 455 g/mol. The van der Waals surface area contributed by atoms with Crippen LogP contribution in [0.15, 0.2) is 36.5 Å². The third kappa shape index (κ3) is 3.64. The fraction of sp³-hybridized carbons (Fsp3) is 0.348. The van der Waals surface area contributed by atoms with Crippen molar-refractivity contribution < 1.29 is 19.2 Å². The molecule has 1 aromatic carbocycles. The summed E-state index contributed by atoms with van der Waals surface area (Å²) in [5.41, 5.74) is 7.35. The molecule has 1 fully saturated rings. The molecule has 2 unspecified atom stereocenters. The van der Waals surface area contributed by atoms with Gasteiger partial charge in [0.2, 0.25) is 17.7 Å². The van der Waals surface area contributed by atoms with E-state index in [1.807, 2.05) is 13.8 Å². The molecule has 2 aliphatic heterocycles. The van der Waals surface area contributed by atoms with Crippen molar-refractivity contribution >= 4 is 35.2 Å². The number of nitrogens with two attached hydrogens (primary N) is 1. The zero-order chi connectivity index (χ0) is 23.2. The van der Waals surface area contributed by atoms with E-state index >= 15 is 0 Å². The van der Waals surface area contributed by atoms with Gasteiger partial charge in [-0.15, -0.1) is 0 Å². The molecule has 1 aromatic heterocycles. The second kappa shape index (κ2) is 8.35. The molecule has 0 spiro atoms. The molecule has 2 aromatic rings. The third-order valence-electron chi connectivity index (χ3n) is 6.13. The van der Waals surface area contributed by atoms with E-state index in [9.17, 15) is 19.2 Å². The Morgan fingerprint density at radius 3 is 2.62 bits per heavy atom. The van der Waals surface area contributed by atoms with Crippen molar-refractivity contribution in [1.29, 1.82) is 0 Å². The Hall–Kier alpha value is -3.26. The van der Waals surface area contributed by atoms with E-state index in [0.717, 1.165) is 0 Å². The zero-order valence-corrected chi connectivity index (χ0v) is 18.4. The number of hydrogen-bond donors (Lipinski definition) is 2. The number of pyridine rings is 1. The normalized spacial score (nSPS) is 21.5. The Morgan fingerprint density at radius 1 is 1.25 bits per heavy atom. The lowest BCUT2D eigenvalue weighted by Gasteiger charge is -2.39. The second-order valence-corrected chi connectivity index (χ2v) is 8.84. The number of nitrogens with one attached hydrogen (secondary N) is 1. The largest absolute Gasteiger partial charge is 0.366 e. The SMILES string of the molecule is CC(C)[C@H](c1ncccc1Cl)C1c2cc(C(N)=O)ccc2C(=O)N1C1CCC(=O)NC1=O. The highest BCUT2D eigenvalue weighted by Crippen LogP contribution is 2.49. The number of fused-ring (bicyclic) bond motifs is 1. The predicted molar refractivity (Wildman–Crippen MR) is 117 cm³/mol. The van der Waals surface area contributed by atoms with Crippen molar-refractivity contribution in [3.63, 3.8) is 0 Å². The number of amides is 4. The smallest absolute Gasteiger partial charge is 0.255 e. The van der Waals surface area contributed by atoms with Gasteiger partial charge < -0.3 is 10.6 Å². The van der Waals surface area contributed by atoms with Crippen LogP contribution in [0.2, 0.25) is 5.02 Å². The van der Waals surface area contributed by atoms with Crippen LogP contribution in [0.4, 0.5) is 0 Å². The van der Waals surface area contributed by atoms with Gasteiger partial charge >= 0.3 is 0 Å². The van der Waals surface area contributed by atoms with Gasteiger partial charge in [0.15, 0.2) is 0 Å². The van der Waals surface area contributed by atoms with Crippen molar-refractivity contribution in [2.45, 2.75) is 44.7 Å². The molecule has 8 nitrogen and oxygen atoms in total. The van der Waals surface area contributed by atoms with Crippen LogP contribution in [0.5, 0.6) is 0 Å². The van der Waals surface area contributed by atoms with Crippen molar-refractivity contribution in [3.8, 4) is 0 Å². The average Bonchev–Trinajstić information content (AvgIpc) is 3.01. The first-order valence-electron chi connectivity index (χ1n) is 10.4. The summed E-state index contributed by atoms with van der Waals surface area (Å²) in [6, 6.07) is 6.67. The maximum absolute atomic E-state index is 13.5. The zero-order valence-electron chi connectivity index (χ0n) is 17.7. The van der Waals surface area contributed by atoms with Gasteiger partial charge in [-0.2, -0.15) is 0 Å². The van der Waals surface area contributed by atoms with E-state index in [4.69, 9.17) is 17.3 Å². The lowest BCUT2D eigenvalue weighted by molar-refractivity contribution is -0.137. The van der Waals surface area contributed by atoms with Crippen LogP contribution >= 0.6 is 11.6 Å². The highest BCUT2D eigenvalue weighted by molar-refractivity contribution is 6.31. The molecule has 3 N–H and O–H groups in total. The van der Waals surface area contributed by atoms with Crippen LogP contribution in [0.25, 0.3) is 0 Å². The summed E-state index contributed by atoms with van der Waals surface area (Å²) in [5.74, 6) is -2.24. The van der Waals surface area contributed by atoms with Crippen LogP contribution in [-0.4, -0.2) is 39.6 Å². The lowest BCUT2D eigenvalue weighted by atomic mass is 9.80. The Balaban J connectivity index is 1.92. The third-order valence-corrected chi connectivity index (χ3v) is 6.45. The van der Waals surface area contributed by atoms with Crippen molar-refractivity contribution in [3.05, 3.63) is 63.9 Å². The van der Waals surface area contributed by atoms with E-state index in [-0.39, 0.29) is 42.1 Å². The van der Waals surface area contributed by atoms with Gasteiger partial charge in [0.05, 0.1) is 16.8 Å². The molecule has 4 amide bonds. The number of imide groups is 1. The minimum atomic E-state index is -0.835. The Morgan fingerprint density at radius 2 is 2.00 bits per heavy atom. The minimum Gasteiger partial charge on any atom is -0.366 e. The topological polar surface area (TPSA) is 122 Å². The summed E-state index contributed by atoms with van der Waals surface area (Å²) >= 11 is 6.50. The quantitative estimate of drug-likeness (QED) is 0.672. The molecule has 1 saturated heterocycles.